The predicted molar refractivity (Wildman–Crippen MR) is 119 cm³/mol. The number of para-hydroxylation sites is 1. The molecular weight excluding hydrogens is 396 g/mol. The number of unbranched alkanes of at least 4 members (excludes halogenated alkanes) is 1. The van der Waals surface area contributed by atoms with E-state index in [0.717, 1.165) is 29.7 Å². The first kappa shape index (κ1) is 20.4. The molecule has 1 atom stereocenters. The van der Waals surface area contributed by atoms with Crippen molar-refractivity contribution < 1.29 is 13.2 Å². The highest BCUT2D eigenvalue weighted by atomic mass is 32.2. The molecule has 1 heterocycles. The fraction of sp³-hybridized carbons (Fsp3) is 0.250. The molecule has 0 unspecified atom stereocenters. The molecule has 0 bridgehead atoms. The number of anilines is 1. The highest BCUT2D eigenvalue weighted by molar-refractivity contribution is 7.89. The third kappa shape index (κ3) is 4.20. The van der Waals surface area contributed by atoms with E-state index in [1.165, 1.54) is 4.31 Å². The zero-order chi connectivity index (χ0) is 21.0. The van der Waals surface area contributed by atoms with Crippen LogP contribution in [-0.2, 0) is 16.6 Å². The Balaban J connectivity index is 1.69. The summed E-state index contributed by atoms with van der Waals surface area (Å²) < 4.78 is 34.3. The molecule has 0 amide bonds. The number of hydrogen-bond donors (Lipinski definition) is 1. The Bertz CT molecular complexity index is 1080. The van der Waals surface area contributed by atoms with Gasteiger partial charge in [-0.15, -0.1) is 0 Å². The standard InChI is InChI=1S/C24H26N2O3S/c1-2-3-17-29-21-15-13-20(14-16-21)24-25-22-11-7-8-12-23(22)30(27,28)26(24)18-19-9-5-4-6-10-19/h4-16,24-25H,2-3,17-18H2,1H3/t24-/m0/s1. The number of nitrogens with zero attached hydrogens (tertiary/aromatic N) is 1. The van der Waals surface area contributed by atoms with Gasteiger partial charge >= 0.3 is 0 Å². The first-order valence-corrected chi connectivity index (χ1v) is 11.7. The Kier molecular flexibility index (Phi) is 6.06. The maximum absolute atomic E-state index is 13.5. The second-order valence-electron chi connectivity index (χ2n) is 7.35. The topological polar surface area (TPSA) is 58.6 Å². The van der Waals surface area contributed by atoms with E-state index >= 15 is 0 Å². The number of sulfonamides is 1. The first-order chi connectivity index (χ1) is 14.6. The zero-order valence-electron chi connectivity index (χ0n) is 17.0. The molecular formula is C24H26N2O3S. The van der Waals surface area contributed by atoms with Crippen LogP contribution >= 0.6 is 0 Å². The van der Waals surface area contributed by atoms with E-state index in [1.807, 2.05) is 66.7 Å². The van der Waals surface area contributed by atoms with Crippen LogP contribution in [-0.4, -0.2) is 19.3 Å². The van der Waals surface area contributed by atoms with E-state index in [-0.39, 0.29) is 6.54 Å². The van der Waals surface area contributed by atoms with Crippen molar-refractivity contribution in [3.63, 3.8) is 0 Å². The SMILES string of the molecule is CCCCOc1ccc([C@H]2Nc3ccccc3S(=O)(=O)N2Cc2ccccc2)cc1. The van der Waals surface area contributed by atoms with Gasteiger partial charge in [0.2, 0.25) is 10.0 Å². The van der Waals surface area contributed by atoms with Gasteiger partial charge in [-0.05, 0) is 41.8 Å². The van der Waals surface area contributed by atoms with Crippen molar-refractivity contribution in [2.45, 2.75) is 37.4 Å². The minimum atomic E-state index is -3.67. The molecule has 0 spiro atoms. The number of nitrogens with one attached hydrogen (secondary N) is 1. The minimum Gasteiger partial charge on any atom is -0.494 e. The smallest absolute Gasteiger partial charge is 0.247 e. The zero-order valence-corrected chi connectivity index (χ0v) is 17.8. The largest absolute Gasteiger partial charge is 0.494 e. The first-order valence-electron chi connectivity index (χ1n) is 10.2. The third-order valence-corrected chi connectivity index (χ3v) is 7.07. The molecule has 3 aromatic carbocycles. The van der Waals surface area contributed by atoms with E-state index < -0.39 is 16.2 Å². The Morgan fingerprint density at radius 3 is 2.37 bits per heavy atom. The summed E-state index contributed by atoms with van der Waals surface area (Å²) in [5.74, 6) is 0.792. The Morgan fingerprint density at radius 1 is 0.933 bits per heavy atom. The molecule has 0 aromatic heterocycles. The van der Waals surface area contributed by atoms with Gasteiger partial charge in [-0.3, -0.25) is 0 Å². The molecule has 4 rings (SSSR count). The van der Waals surface area contributed by atoms with Crippen LogP contribution in [0.5, 0.6) is 5.75 Å². The molecule has 1 aliphatic heterocycles. The van der Waals surface area contributed by atoms with Crippen molar-refractivity contribution in [3.05, 3.63) is 90.0 Å². The van der Waals surface area contributed by atoms with E-state index in [0.29, 0.717) is 17.2 Å². The van der Waals surface area contributed by atoms with Crippen LogP contribution in [0.15, 0.2) is 83.8 Å². The summed E-state index contributed by atoms with van der Waals surface area (Å²) >= 11 is 0. The summed E-state index contributed by atoms with van der Waals surface area (Å²) in [7, 11) is -3.67. The lowest BCUT2D eigenvalue weighted by Crippen LogP contribution is -2.42. The van der Waals surface area contributed by atoms with Crippen LogP contribution in [0.4, 0.5) is 5.69 Å². The van der Waals surface area contributed by atoms with E-state index in [9.17, 15) is 8.42 Å². The average molecular weight is 423 g/mol. The monoisotopic (exact) mass is 422 g/mol. The highest BCUT2D eigenvalue weighted by Crippen LogP contribution is 2.39. The second kappa shape index (κ2) is 8.90. The van der Waals surface area contributed by atoms with Crippen LogP contribution in [0.1, 0.15) is 37.1 Å². The Morgan fingerprint density at radius 2 is 1.63 bits per heavy atom. The van der Waals surface area contributed by atoms with Crippen LogP contribution in [0.2, 0.25) is 0 Å². The summed E-state index contributed by atoms with van der Waals surface area (Å²) in [6, 6.07) is 24.4. The minimum absolute atomic E-state index is 0.282. The van der Waals surface area contributed by atoms with Crippen molar-refractivity contribution >= 4 is 15.7 Å². The molecule has 156 valence electrons. The predicted octanol–water partition coefficient (Wildman–Crippen LogP) is 5.18. The summed E-state index contributed by atoms with van der Waals surface area (Å²) in [4.78, 5) is 0.303. The molecule has 0 saturated carbocycles. The molecule has 0 fully saturated rings. The molecule has 0 saturated heterocycles. The van der Waals surface area contributed by atoms with Crippen molar-refractivity contribution in [1.82, 2.24) is 4.31 Å². The maximum atomic E-state index is 13.5. The van der Waals surface area contributed by atoms with Crippen LogP contribution in [0.3, 0.4) is 0 Å². The molecule has 3 aromatic rings. The molecule has 1 N–H and O–H groups in total. The molecule has 0 aliphatic carbocycles. The number of benzene rings is 3. The van der Waals surface area contributed by atoms with E-state index in [4.69, 9.17) is 4.74 Å². The van der Waals surface area contributed by atoms with Gasteiger partial charge in [-0.25, -0.2) is 8.42 Å². The van der Waals surface area contributed by atoms with Crippen molar-refractivity contribution in [2.24, 2.45) is 0 Å². The fourth-order valence-corrected chi connectivity index (χ4v) is 5.24. The van der Waals surface area contributed by atoms with Gasteiger partial charge in [0.1, 0.15) is 16.8 Å². The van der Waals surface area contributed by atoms with Crippen molar-refractivity contribution in [1.29, 1.82) is 0 Å². The van der Waals surface area contributed by atoms with Crippen LogP contribution < -0.4 is 10.1 Å². The summed E-state index contributed by atoms with van der Waals surface area (Å²) in [5, 5.41) is 3.42. The number of rotatable bonds is 7. The van der Waals surface area contributed by atoms with Gasteiger partial charge in [0.05, 0.1) is 12.3 Å². The molecule has 0 radical (unpaired) electrons. The second-order valence-corrected chi connectivity index (χ2v) is 9.21. The highest BCUT2D eigenvalue weighted by Gasteiger charge is 2.38. The van der Waals surface area contributed by atoms with Gasteiger partial charge in [-0.1, -0.05) is 67.9 Å². The summed E-state index contributed by atoms with van der Waals surface area (Å²) in [5.41, 5.74) is 2.42. The summed E-state index contributed by atoms with van der Waals surface area (Å²) in [6.07, 6.45) is 1.58. The van der Waals surface area contributed by atoms with E-state index in [2.05, 4.69) is 12.2 Å². The quantitative estimate of drug-likeness (QED) is 0.533. The van der Waals surface area contributed by atoms with Crippen molar-refractivity contribution in [2.75, 3.05) is 11.9 Å². The van der Waals surface area contributed by atoms with Crippen molar-refractivity contribution in [3.8, 4) is 5.75 Å². The fourth-order valence-electron chi connectivity index (χ4n) is 3.57. The lowest BCUT2D eigenvalue weighted by Gasteiger charge is -2.37. The van der Waals surface area contributed by atoms with Gasteiger partial charge < -0.3 is 10.1 Å². The Labute approximate surface area is 178 Å². The van der Waals surface area contributed by atoms with E-state index in [1.54, 1.807) is 12.1 Å². The number of fused-ring (bicyclic) bond motifs is 1. The van der Waals surface area contributed by atoms with Gasteiger partial charge in [-0.2, -0.15) is 4.31 Å². The maximum Gasteiger partial charge on any atom is 0.247 e. The lowest BCUT2D eigenvalue weighted by atomic mass is 10.1. The lowest BCUT2D eigenvalue weighted by molar-refractivity contribution is 0.308. The normalized spacial score (nSPS) is 17.7. The van der Waals surface area contributed by atoms with Crippen LogP contribution in [0, 0.1) is 0 Å². The van der Waals surface area contributed by atoms with Gasteiger partial charge in [0, 0.05) is 6.54 Å². The molecule has 30 heavy (non-hydrogen) atoms. The Hall–Kier alpha value is -2.83. The number of ether oxygens (including phenoxy) is 1. The van der Waals surface area contributed by atoms with Gasteiger partial charge in [0.25, 0.3) is 0 Å². The number of hydrogen-bond acceptors (Lipinski definition) is 4. The third-order valence-electron chi connectivity index (χ3n) is 5.20. The molecule has 1 aliphatic rings. The average Bonchev–Trinajstić information content (AvgIpc) is 2.77. The molecule has 5 nitrogen and oxygen atoms in total. The summed E-state index contributed by atoms with van der Waals surface area (Å²) in [6.45, 7) is 3.09. The molecule has 6 heteroatoms. The van der Waals surface area contributed by atoms with Crippen LogP contribution in [0.25, 0.3) is 0 Å². The van der Waals surface area contributed by atoms with Gasteiger partial charge in [0.15, 0.2) is 0 Å².